The molecule has 1 saturated heterocycles. The number of urea groups is 1. The first-order chi connectivity index (χ1) is 9.59. The molecule has 1 atom stereocenters. The number of carbonyl (C=O) groups excluding carboxylic acids is 1. The van der Waals surface area contributed by atoms with Crippen molar-refractivity contribution in [2.75, 3.05) is 26.3 Å². The van der Waals surface area contributed by atoms with Crippen LogP contribution < -0.4 is 10.6 Å². The predicted molar refractivity (Wildman–Crippen MR) is 79.7 cm³/mol. The molecular formula is C15H30N2O3. The number of unbranched alkanes of at least 4 members (excludes halogenated alkanes) is 1. The van der Waals surface area contributed by atoms with Crippen LogP contribution in [0.4, 0.5) is 4.79 Å². The Morgan fingerprint density at radius 1 is 1.30 bits per heavy atom. The van der Waals surface area contributed by atoms with Gasteiger partial charge in [-0.05, 0) is 12.3 Å². The van der Waals surface area contributed by atoms with Crippen molar-refractivity contribution >= 4 is 6.03 Å². The molecule has 1 heterocycles. The van der Waals surface area contributed by atoms with E-state index in [0.717, 1.165) is 12.8 Å². The second-order valence-electron chi connectivity index (χ2n) is 5.82. The summed E-state index contributed by atoms with van der Waals surface area (Å²) < 4.78 is 5.21. The molecule has 1 rings (SSSR count). The van der Waals surface area contributed by atoms with E-state index in [0.29, 0.717) is 45.1 Å². The van der Waals surface area contributed by atoms with Crippen LogP contribution in [0.2, 0.25) is 0 Å². The molecule has 5 nitrogen and oxygen atoms in total. The SMILES string of the molecule is CCCCC(CC)CNC(=O)NCC1(O)CCOCC1. The molecule has 3 N–H and O–H groups in total. The third-order valence-electron chi connectivity index (χ3n) is 4.10. The topological polar surface area (TPSA) is 70.6 Å². The van der Waals surface area contributed by atoms with E-state index in [2.05, 4.69) is 24.5 Å². The summed E-state index contributed by atoms with van der Waals surface area (Å²) in [5, 5.41) is 15.9. The monoisotopic (exact) mass is 286 g/mol. The van der Waals surface area contributed by atoms with E-state index in [1.165, 1.54) is 12.8 Å². The summed E-state index contributed by atoms with van der Waals surface area (Å²) in [4.78, 5) is 11.8. The zero-order chi connectivity index (χ0) is 14.8. The minimum Gasteiger partial charge on any atom is -0.388 e. The summed E-state index contributed by atoms with van der Waals surface area (Å²) in [7, 11) is 0. The fourth-order valence-electron chi connectivity index (χ4n) is 2.42. The lowest BCUT2D eigenvalue weighted by atomic mass is 9.94. The maximum atomic E-state index is 11.8. The molecule has 0 spiro atoms. The van der Waals surface area contributed by atoms with Crippen LogP contribution in [-0.4, -0.2) is 43.0 Å². The summed E-state index contributed by atoms with van der Waals surface area (Å²) in [6.07, 6.45) is 5.82. The smallest absolute Gasteiger partial charge is 0.314 e. The fraction of sp³-hybridized carbons (Fsp3) is 0.933. The van der Waals surface area contributed by atoms with E-state index < -0.39 is 5.60 Å². The Labute approximate surface area is 122 Å². The quantitative estimate of drug-likeness (QED) is 0.639. The highest BCUT2D eigenvalue weighted by atomic mass is 16.5. The second-order valence-corrected chi connectivity index (χ2v) is 5.82. The van der Waals surface area contributed by atoms with E-state index in [-0.39, 0.29) is 6.03 Å². The van der Waals surface area contributed by atoms with Gasteiger partial charge in [0, 0.05) is 39.1 Å². The lowest BCUT2D eigenvalue weighted by Crippen LogP contribution is -2.49. The van der Waals surface area contributed by atoms with Crippen molar-refractivity contribution < 1.29 is 14.6 Å². The van der Waals surface area contributed by atoms with Crippen LogP contribution in [0.25, 0.3) is 0 Å². The van der Waals surface area contributed by atoms with Crippen LogP contribution in [0.15, 0.2) is 0 Å². The Morgan fingerprint density at radius 2 is 2.00 bits per heavy atom. The highest BCUT2D eigenvalue weighted by Gasteiger charge is 2.30. The van der Waals surface area contributed by atoms with Gasteiger partial charge in [-0.3, -0.25) is 0 Å². The molecular weight excluding hydrogens is 256 g/mol. The van der Waals surface area contributed by atoms with Crippen molar-refractivity contribution in [1.29, 1.82) is 0 Å². The minimum atomic E-state index is -0.804. The lowest BCUT2D eigenvalue weighted by molar-refractivity contribution is -0.0600. The van der Waals surface area contributed by atoms with Gasteiger partial charge < -0.3 is 20.5 Å². The zero-order valence-electron chi connectivity index (χ0n) is 12.9. The molecule has 0 radical (unpaired) electrons. The van der Waals surface area contributed by atoms with Crippen molar-refractivity contribution in [1.82, 2.24) is 10.6 Å². The summed E-state index contributed by atoms with van der Waals surface area (Å²) >= 11 is 0. The number of aliphatic hydroxyl groups is 1. The minimum absolute atomic E-state index is 0.181. The van der Waals surface area contributed by atoms with E-state index in [4.69, 9.17) is 4.74 Å². The molecule has 1 unspecified atom stereocenters. The Morgan fingerprint density at radius 3 is 2.60 bits per heavy atom. The Balaban J connectivity index is 2.18. The maximum Gasteiger partial charge on any atom is 0.314 e. The van der Waals surface area contributed by atoms with Crippen molar-refractivity contribution in [3.63, 3.8) is 0 Å². The fourth-order valence-corrected chi connectivity index (χ4v) is 2.42. The molecule has 0 saturated carbocycles. The number of carbonyl (C=O) groups is 1. The van der Waals surface area contributed by atoms with Crippen molar-refractivity contribution in [2.45, 2.75) is 58.0 Å². The first-order valence-corrected chi connectivity index (χ1v) is 7.91. The number of hydrogen-bond acceptors (Lipinski definition) is 3. The van der Waals surface area contributed by atoms with E-state index in [1.807, 2.05) is 0 Å². The van der Waals surface area contributed by atoms with Gasteiger partial charge in [-0.2, -0.15) is 0 Å². The van der Waals surface area contributed by atoms with Crippen LogP contribution in [0.5, 0.6) is 0 Å². The number of nitrogens with one attached hydrogen (secondary N) is 2. The zero-order valence-corrected chi connectivity index (χ0v) is 12.9. The van der Waals surface area contributed by atoms with Crippen LogP contribution >= 0.6 is 0 Å². The van der Waals surface area contributed by atoms with Crippen LogP contribution in [0.1, 0.15) is 52.4 Å². The molecule has 5 heteroatoms. The number of hydrogen-bond donors (Lipinski definition) is 3. The van der Waals surface area contributed by atoms with E-state index in [1.54, 1.807) is 0 Å². The molecule has 0 bridgehead atoms. The molecule has 0 aromatic heterocycles. The molecule has 1 aliphatic rings. The van der Waals surface area contributed by atoms with Gasteiger partial charge in [0.2, 0.25) is 0 Å². The first-order valence-electron chi connectivity index (χ1n) is 7.91. The van der Waals surface area contributed by atoms with Gasteiger partial charge in [-0.15, -0.1) is 0 Å². The average Bonchev–Trinajstić information content (AvgIpc) is 2.46. The third kappa shape index (κ3) is 6.57. The largest absolute Gasteiger partial charge is 0.388 e. The van der Waals surface area contributed by atoms with Gasteiger partial charge in [0.05, 0.1) is 5.60 Å². The lowest BCUT2D eigenvalue weighted by Gasteiger charge is -2.32. The normalized spacial score (nSPS) is 19.4. The Kier molecular flexibility index (Phi) is 7.92. The van der Waals surface area contributed by atoms with E-state index in [9.17, 15) is 9.90 Å². The third-order valence-corrected chi connectivity index (χ3v) is 4.10. The molecule has 118 valence electrons. The van der Waals surface area contributed by atoms with Crippen molar-refractivity contribution in [3.8, 4) is 0 Å². The Bertz CT molecular complexity index is 278. The summed E-state index contributed by atoms with van der Waals surface area (Å²) in [5.41, 5.74) is -0.804. The molecule has 1 aliphatic heterocycles. The van der Waals surface area contributed by atoms with Crippen LogP contribution in [0.3, 0.4) is 0 Å². The number of ether oxygens (including phenoxy) is 1. The van der Waals surface area contributed by atoms with Gasteiger partial charge in [0.25, 0.3) is 0 Å². The van der Waals surface area contributed by atoms with Gasteiger partial charge in [0.1, 0.15) is 0 Å². The summed E-state index contributed by atoms with van der Waals surface area (Å²) in [5.74, 6) is 0.548. The van der Waals surface area contributed by atoms with Gasteiger partial charge in [-0.1, -0.05) is 33.1 Å². The van der Waals surface area contributed by atoms with Crippen LogP contribution in [0, 0.1) is 5.92 Å². The highest BCUT2D eigenvalue weighted by Crippen LogP contribution is 2.19. The van der Waals surface area contributed by atoms with Gasteiger partial charge in [0.15, 0.2) is 0 Å². The molecule has 2 amide bonds. The first kappa shape index (κ1) is 17.2. The molecule has 0 aromatic rings. The summed E-state index contributed by atoms with van der Waals surface area (Å²) in [6, 6.07) is -0.181. The van der Waals surface area contributed by atoms with Gasteiger partial charge >= 0.3 is 6.03 Å². The van der Waals surface area contributed by atoms with Crippen molar-refractivity contribution in [3.05, 3.63) is 0 Å². The summed E-state index contributed by atoms with van der Waals surface area (Å²) in [6.45, 7) is 6.48. The van der Waals surface area contributed by atoms with Crippen molar-refractivity contribution in [2.24, 2.45) is 5.92 Å². The molecule has 0 aliphatic carbocycles. The van der Waals surface area contributed by atoms with E-state index >= 15 is 0 Å². The highest BCUT2D eigenvalue weighted by molar-refractivity contribution is 5.73. The maximum absolute atomic E-state index is 11.8. The molecule has 1 fully saturated rings. The Hall–Kier alpha value is -0.810. The molecule has 20 heavy (non-hydrogen) atoms. The average molecular weight is 286 g/mol. The molecule has 0 aromatic carbocycles. The number of rotatable bonds is 8. The van der Waals surface area contributed by atoms with Gasteiger partial charge in [-0.25, -0.2) is 4.79 Å². The number of amides is 2. The standard InChI is InChI=1S/C15H30N2O3/c1-3-5-6-13(4-2)11-16-14(18)17-12-15(19)7-9-20-10-8-15/h13,19H,3-12H2,1-2H3,(H2,16,17,18). The second kappa shape index (κ2) is 9.19. The van der Waals surface area contributed by atoms with Crippen LogP contribution in [-0.2, 0) is 4.74 Å². The predicted octanol–water partition coefficient (Wildman–Crippen LogP) is 2.04.